The van der Waals surface area contributed by atoms with Gasteiger partial charge in [-0.3, -0.25) is 0 Å². The Bertz CT molecular complexity index is 369. The minimum atomic E-state index is -0.343. The molecule has 1 aromatic carbocycles. The van der Waals surface area contributed by atoms with Crippen LogP contribution in [0.15, 0.2) is 24.3 Å². The lowest BCUT2D eigenvalue weighted by Crippen LogP contribution is -2.48. The Labute approximate surface area is 101 Å². The average molecular weight is 240 g/mol. The van der Waals surface area contributed by atoms with Crippen molar-refractivity contribution in [1.82, 2.24) is 0 Å². The van der Waals surface area contributed by atoms with Gasteiger partial charge in [-0.25, -0.2) is 0 Å². The van der Waals surface area contributed by atoms with Gasteiger partial charge in [-0.2, -0.15) is 0 Å². The van der Waals surface area contributed by atoms with Crippen LogP contribution < -0.4 is 5.73 Å². The summed E-state index contributed by atoms with van der Waals surface area (Å²) in [4.78, 5) is 0. The summed E-state index contributed by atoms with van der Waals surface area (Å²) in [6.07, 6.45) is 3.66. The molecule has 0 radical (unpaired) electrons. The van der Waals surface area contributed by atoms with Crippen LogP contribution in [0.3, 0.4) is 0 Å². The molecule has 1 saturated carbocycles. The maximum atomic E-state index is 10.2. The molecule has 1 aliphatic rings. The number of rotatable bonds is 2. The molecule has 0 spiro atoms. The van der Waals surface area contributed by atoms with E-state index in [1.54, 1.807) is 0 Å². The van der Waals surface area contributed by atoms with Crippen LogP contribution in [0.2, 0.25) is 5.02 Å². The van der Waals surface area contributed by atoms with Gasteiger partial charge in [0, 0.05) is 17.0 Å². The van der Waals surface area contributed by atoms with Gasteiger partial charge in [-0.15, -0.1) is 0 Å². The zero-order valence-corrected chi connectivity index (χ0v) is 10.1. The van der Waals surface area contributed by atoms with Gasteiger partial charge in [0.1, 0.15) is 0 Å². The van der Waals surface area contributed by atoms with Crippen molar-refractivity contribution in [3.05, 3.63) is 34.9 Å². The van der Waals surface area contributed by atoms with E-state index in [1.165, 1.54) is 0 Å². The SMILES string of the molecule is NC[C@]1(c2cccc(Cl)c2)CCCC[C@@H]1O. The monoisotopic (exact) mass is 239 g/mol. The standard InChI is InChI=1S/C13H18ClNO/c14-11-5-3-4-10(8-11)13(9-15)7-2-1-6-12(13)16/h3-5,8,12,16H,1-2,6-7,9,15H2/t12-,13-/m0/s1. The zero-order chi connectivity index (χ0) is 11.6. The van der Waals surface area contributed by atoms with Gasteiger partial charge >= 0.3 is 0 Å². The minimum absolute atomic E-state index is 0.289. The van der Waals surface area contributed by atoms with Gasteiger partial charge in [0.15, 0.2) is 0 Å². The van der Waals surface area contributed by atoms with E-state index in [2.05, 4.69) is 0 Å². The summed E-state index contributed by atoms with van der Waals surface area (Å²) in [5.41, 5.74) is 6.70. The molecule has 0 aliphatic heterocycles. The summed E-state index contributed by atoms with van der Waals surface area (Å²) in [7, 11) is 0. The zero-order valence-electron chi connectivity index (χ0n) is 9.32. The Balaban J connectivity index is 2.40. The highest BCUT2D eigenvalue weighted by Crippen LogP contribution is 2.39. The first-order valence-electron chi connectivity index (χ1n) is 5.83. The van der Waals surface area contributed by atoms with Crippen molar-refractivity contribution >= 4 is 11.6 Å². The number of hydrogen-bond acceptors (Lipinski definition) is 2. The van der Waals surface area contributed by atoms with E-state index >= 15 is 0 Å². The van der Waals surface area contributed by atoms with Gasteiger partial charge in [0.2, 0.25) is 0 Å². The number of hydrogen-bond donors (Lipinski definition) is 2. The van der Waals surface area contributed by atoms with E-state index in [9.17, 15) is 5.11 Å². The average Bonchev–Trinajstić information content (AvgIpc) is 2.30. The molecule has 2 nitrogen and oxygen atoms in total. The number of aliphatic hydroxyl groups is 1. The molecular formula is C13H18ClNO. The first kappa shape index (κ1) is 11.9. The molecule has 0 bridgehead atoms. The van der Waals surface area contributed by atoms with Crippen LogP contribution in [0.4, 0.5) is 0 Å². The van der Waals surface area contributed by atoms with E-state index in [4.69, 9.17) is 17.3 Å². The van der Waals surface area contributed by atoms with E-state index in [-0.39, 0.29) is 11.5 Å². The van der Waals surface area contributed by atoms with Crippen LogP contribution in [0, 0.1) is 0 Å². The summed E-state index contributed by atoms with van der Waals surface area (Å²) in [5.74, 6) is 0. The van der Waals surface area contributed by atoms with Gasteiger partial charge in [0.05, 0.1) is 6.10 Å². The lowest BCUT2D eigenvalue weighted by molar-refractivity contribution is 0.0464. The van der Waals surface area contributed by atoms with Gasteiger partial charge in [0.25, 0.3) is 0 Å². The predicted octanol–water partition coefficient (Wildman–Crippen LogP) is 2.47. The minimum Gasteiger partial charge on any atom is -0.392 e. The van der Waals surface area contributed by atoms with Crippen molar-refractivity contribution in [3.8, 4) is 0 Å². The molecule has 1 aromatic rings. The maximum absolute atomic E-state index is 10.2. The molecule has 1 aliphatic carbocycles. The van der Waals surface area contributed by atoms with Crippen LogP contribution in [0.25, 0.3) is 0 Å². The fourth-order valence-electron chi connectivity index (χ4n) is 2.71. The third-order valence-electron chi connectivity index (χ3n) is 3.75. The van der Waals surface area contributed by atoms with E-state index in [0.29, 0.717) is 11.6 Å². The number of halogens is 1. The highest BCUT2D eigenvalue weighted by molar-refractivity contribution is 6.30. The molecule has 2 atom stereocenters. The Kier molecular flexibility index (Phi) is 3.53. The summed E-state index contributed by atoms with van der Waals surface area (Å²) in [6, 6.07) is 7.73. The summed E-state index contributed by atoms with van der Waals surface area (Å²) >= 11 is 6.01. The molecule has 1 fully saturated rings. The largest absolute Gasteiger partial charge is 0.392 e. The van der Waals surface area contributed by atoms with Crippen molar-refractivity contribution in [2.75, 3.05) is 6.54 Å². The third-order valence-corrected chi connectivity index (χ3v) is 3.99. The number of benzene rings is 1. The summed E-state index contributed by atoms with van der Waals surface area (Å²) in [6.45, 7) is 0.481. The highest BCUT2D eigenvalue weighted by Gasteiger charge is 2.40. The number of aliphatic hydroxyl groups excluding tert-OH is 1. The van der Waals surface area contributed by atoms with E-state index in [0.717, 1.165) is 31.2 Å². The fourth-order valence-corrected chi connectivity index (χ4v) is 2.90. The van der Waals surface area contributed by atoms with Crippen molar-refractivity contribution in [1.29, 1.82) is 0 Å². The van der Waals surface area contributed by atoms with Crippen molar-refractivity contribution in [3.63, 3.8) is 0 Å². The molecule has 2 rings (SSSR count). The molecule has 0 saturated heterocycles. The Morgan fingerprint density at radius 2 is 2.25 bits per heavy atom. The second kappa shape index (κ2) is 4.74. The molecule has 3 N–H and O–H groups in total. The van der Waals surface area contributed by atoms with Gasteiger partial charge < -0.3 is 10.8 Å². The second-order valence-electron chi connectivity index (χ2n) is 4.63. The topological polar surface area (TPSA) is 46.2 Å². The molecule has 88 valence electrons. The summed E-state index contributed by atoms with van der Waals surface area (Å²) < 4.78 is 0. The Hall–Kier alpha value is -0.570. The lowest BCUT2D eigenvalue weighted by atomic mass is 9.67. The smallest absolute Gasteiger partial charge is 0.0649 e. The van der Waals surface area contributed by atoms with E-state index in [1.807, 2.05) is 24.3 Å². The molecular weight excluding hydrogens is 222 g/mol. The van der Waals surface area contributed by atoms with Gasteiger partial charge in [-0.05, 0) is 30.5 Å². The van der Waals surface area contributed by atoms with Crippen LogP contribution >= 0.6 is 11.6 Å². The lowest BCUT2D eigenvalue weighted by Gasteiger charge is -2.41. The first-order valence-corrected chi connectivity index (χ1v) is 6.21. The quantitative estimate of drug-likeness (QED) is 0.833. The number of nitrogens with two attached hydrogens (primary N) is 1. The molecule has 0 aromatic heterocycles. The van der Waals surface area contributed by atoms with Gasteiger partial charge in [-0.1, -0.05) is 36.6 Å². The normalized spacial score (nSPS) is 30.3. The molecule has 3 heteroatoms. The Morgan fingerprint density at radius 3 is 2.88 bits per heavy atom. The van der Waals surface area contributed by atoms with Crippen LogP contribution in [-0.2, 0) is 5.41 Å². The van der Waals surface area contributed by atoms with Crippen LogP contribution in [0.5, 0.6) is 0 Å². The van der Waals surface area contributed by atoms with Crippen molar-refractivity contribution < 1.29 is 5.11 Å². The van der Waals surface area contributed by atoms with Crippen molar-refractivity contribution in [2.45, 2.75) is 37.2 Å². The van der Waals surface area contributed by atoms with E-state index < -0.39 is 0 Å². The van der Waals surface area contributed by atoms with Crippen LogP contribution in [0.1, 0.15) is 31.2 Å². The van der Waals surface area contributed by atoms with Crippen molar-refractivity contribution in [2.24, 2.45) is 5.73 Å². The Morgan fingerprint density at radius 1 is 1.44 bits per heavy atom. The molecule has 0 amide bonds. The first-order chi connectivity index (χ1) is 7.69. The molecule has 16 heavy (non-hydrogen) atoms. The third kappa shape index (κ3) is 1.97. The fraction of sp³-hybridized carbons (Fsp3) is 0.538. The summed E-state index contributed by atoms with van der Waals surface area (Å²) in [5, 5.41) is 11.0. The predicted molar refractivity (Wildman–Crippen MR) is 66.7 cm³/mol. The molecule has 0 heterocycles. The maximum Gasteiger partial charge on any atom is 0.0649 e. The van der Waals surface area contributed by atoms with Crippen LogP contribution in [-0.4, -0.2) is 17.8 Å². The molecule has 0 unspecified atom stereocenters. The second-order valence-corrected chi connectivity index (χ2v) is 5.07. The highest BCUT2D eigenvalue weighted by atomic mass is 35.5.